The van der Waals surface area contributed by atoms with Crippen molar-refractivity contribution in [1.82, 2.24) is 23.9 Å². The third kappa shape index (κ3) is 7.25. The number of methoxy groups -OCH3 is 1. The molecule has 226 valence electrons. The zero-order valence-corrected chi connectivity index (χ0v) is 25.8. The molecule has 43 heavy (non-hydrogen) atoms. The van der Waals surface area contributed by atoms with E-state index in [2.05, 4.69) is 50.6 Å². The number of nitrogens with zero attached hydrogens (tertiary/aromatic N) is 5. The smallest absolute Gasteiger partial charge is 0.255 e. The van der Waals surface area contributed by atoms with Gasteiger partial charge in [0.15, 0.2) is 0 Å². The first kappa shape index (κ1) is 30.3. The molecule has 2 amide bonds. The molecule has 0 bridgehead atoms. The van der Waals surface area contributed by atoms with Crippen molar-refractivity contribution in [1.29, 1.82) is 0 Å². The van der Waals surface area contributed by atoms with E-state index in [1.807, 2.05) is 56.6 Å². The van der Waals surface area contributed by atoms with Crippen molar-refractivity contribution in [3.05, 3.63) is 90.3 Å². The number of carbonyl (C=O) groups excluding carboxylic acids is 2. The third-order valence-electron chi connectivity index (χ3n) is 8.43. The average molecular weight is 582 g/mol. The van der Waals surface area contributed by atoms with Gasteiger partial charge >= 0.3 is 0 Å². The van der Waals surface area contributed by atoms with Crippen LogP contribution in [0.15, 0.2) is 79.0 Å². The van der Waals surface area contributed by atoms with Gasteiger partial charge in [-0.1, -0.05) is 48.0 Å². The van der Waals surface area contributed by atoms with Crippen molar-refractivity contribution in [3.63, 3.8) is 0 Å². The number of imidazole rings is 1. The Balaban J connectivity index is 1.33. The molecular formula is C35H43N5O3. The van der Waals surface area contributed by atoms with Crippen molar-refractivity contribution < 1.29 is 14.3 Å². The highest BCUT2D eigenvalue weighted by Gasteiger charge is 2.23. The van der Waals surface area contributed by atoms with Crippen LogP contribution in [-0.2, 0) is 22.6 Å². The van der Waals surface area contributed by atoms with Gasteiger partial charge in [-0.15, -0.1) is 0 Å². The largest absolute Gasteiger partial charge is 0.383 e. The number of likely N-dealkylation sites (tertiary alicyclic amines) is 1. The molecule has 5 rings (SSSR count). The summed E-state index contributed by atoms with van der Waals surface area (Å²) in [5.41, 5.74) is 4.79. The van der Waals surface area contributed by atoms with Crippen LogP contribution in [0.4, 0.5) is 0 Å². The van der Waals surface area contributed by atoms with Crippen molar-refractivity contribution in [2.45, 2.75) is 46.2 Å². The quantitative estimate of drug-likeness (QED) is 0.208. The highest BCUT2D eigenvalue weighted by molar-refractivity contribution is 6.06. The van der Waals surface area contributed by atoms with Crippen molar-refractivity contribution in [2.75, 3.05) is 40.4 Å². The summed E-state index contributed by atoms with van der Waals surface area (Å²) in [4.78, 5) is 34.2. The Hall–Kier alpha value is -4.17. The molecule has 0 saturated carbocycles. The highest BCUT2D eigenvalue weighted by atomic mass is 16.5. The molecule has 0 aliphatic carbocycles. The number of fused-ring (bicyclic) bond motifs is 1. The van der Waals surface area contributed by atoms with E-state index in [-0.39, 0.29) is 11.8 Å². The fraction of sp³-hybridized carbons (Fsp3) is 0.400. The number of likely N-dealkylation sites (N-methyl/N-ethyl adjacent to an activating group) is 1. The van der Waals surface area contributed by atoms with E-state index < -0.39 is 0 Å². The molecule has 1 fully saturated rings. The minimum Gasteiger partial charge on any atom is -0.383 e. The van der Waals surface area contributed by atoms with E-state index in [4.69, 9.17) is 4.74 Å². The zero-order chi connectivity index (χ0) is 30.3. The number of benzene rings is 2. The molecule has 0 unspecified atom stereocenters. The molecular weight excluding hydrogens is 538 g/mol. The SMILES string of the molecule is COCCN(C)C(=O)c1cn(Cc2cncn2CCC2CCN(C(=O)C=C(C)C)CC2)cc1-c1cccc2ccccc12. The Labute approximate surface area is 254 Å². The number of aromatic nitrogens is 3. The van der Waals surface area contributed by atoms with E-state index in [0.29, 0.717) is 31.2 Å². The lowest BCUT2D eigenvalue weighted by Crippen LogP contribution is -2.37. The van der Waals surface area contributed by atoms with E-state index in [9.17, 15) is 9.59 Å². The first-order chi connectivity index (χ1) is 20.8. The van der Waals surface area contributed by atoms with Crippen molar-refractivity contribution >= 4 is 22.6 Å². The number of piperidine rings is 1. The molecule has 2 aromatic carbocycles. The lowest BCUT2D eigenvalue weighted by Gasteiger charge is -2.31. The predicted octanol–water partition coefficient (Wildman–Crippen LogP) is 5.87. The van der Waals surface area contributed by atoms with Crippen LogP contribution < -0.4 is 0 Å². The van der Waals surface area contributed by atoms with Crippen LogP contribution in [0.5, 0.6) is 0 Å². The Morgan fingerprint density at radius 2 is 1.81 bits per heavy atom. The Morgan fingerprint density at radius 1 is 1.05 bits per heavy atom. The van der Waals surface area contributed by atoms with E-state index in [0.717, 1.165) is 72.1 Å². The monoisotopic (exact) mass is 581 g/mol. The van der Waals surface area contributed by atoms with Gasteiger partial charge in [-0.3, -0.25) is 9.59 Å². The van der Waals surface area contributed by atoms with E-state index in [1.165, 1.54) is 0 Å². The lowest BCUT2D eigenvalue weighted by molar-refractivity contribution is -0.127. The molecule has 0 N–H and O–H groups in total. The summed E-state index contributed by atoms with van der Waals surface area (Å²) in [6.45, 7) is 8.06. The molecule has 0 atom stereocenters. The molecule has 1 aliphatic rings. The maximum absolute atomic E-state index is 13.7. The first-order valence-electron chi connectivity index (χ1n) is 15.2. The van der Waals surface area contributed by atoms with Gasteiger partial charge in [0.1, 0.15) is 0 Å². The standard InChI is InChI=1S/C35H43N5O3/c1-26(2)20-34(41)39-15-12-27(13-16-39)14-17-40-25-36-21-29(40)22-38-23-32(33(24-38)35(42)37(3)18-19-43-4)31-11-7-9-28-8-5-6-10-30(28)31/h5-11,20-21,23-25,27H,12-19,22H2,1-4H3. The minimum atomic E-state index is -0.0262. The lowest BCUT2D eigenvalue weighted by atomic mass is 9.93. The second kappa shape index (κ2) is 13.9. The van der Waals surface area contributed by atoms with Gasteiger partial charge in [-0.05, 0) is 55.4 Å². The molecule has 0 radical (unpaired) electrons. The summed E-state index contributed by atoms with van der Waals surface area (Å²) in [7, 11) is 3.47. The second-order valence-corrected chi connectivity index (χ2v) is 11.9. The fourth-order valence-corrected chi connectivity index (χ4v) is 5.95. The van der Waals surface area contributed by atoms with Crippen LogP contribution in [0.2, 0.25) is 0 Å². The Kier molecular flexibility index (Phi) is 9.77. The molecule has 2 aromatic heterocycles. The molecule has 3 heterocycles. The molecule has 4 aromatic rings. The number of allylic oxidation sites excluding steroid dienone is 1. The van der Waals surface area contributed by atoms with Gasteiger partial charge in [0.25, 0.3) is 5.91 Å². The summed E-state index contributed by atoms with van der Waals surface area (Å²) in [6, 6.07) is 14.5. The van der Waals surface area contributed by atoms with Gasteiger partial charge in [0.05, 0.1) is 30.7 Å². The van der Waals surface area contributed by atoms with Crippen molar-refractivity contribution in [2.24, 2.45) is 5.92 Å². The van der Waals surface area contributed by atoms with Gasteiger partial charge in [-0.25, -0.2) is 4.98 Å². The van der Waals surface area contributed by atoms with Crippen LogP contribution in [0, 0.1) is 5.92 Å². The number of amides is 2. The third-order valence-corrected chi connectivity index (χ3v) is 8.43. The van der Waals surface area contributed by atoms with Crippen LogP contribution >= 0.6 is 0 Å². The van der Waals surface area contributed by atoms with Gasteiger partial charge in [0, 0.05) is 70.6 Å². The zero-order valence-electron chi connectivity index (χ0n) is 25.8. The van der Waals surface area contributed by atoms with Crippen LogP contribution in [0.25, 0.3) is 21.9 Å². The van der Waals surface area contributed by atoms with Crippen LogP contribution in [0.3, 0.4) is 0 Å². The summed E-state index contributed by atoms with van der Waals surface area (Å²) >= 11 is 0. The van der Waals surface area contributed by atoms with Crippen LogP contribution in [-0.4, -0.2) is 76.1 Å². The second-order valence-electron chi connectivity index (χ2n) is 11.9. The number of carbonyl (C=O) groups is 2. The molecule has 1 aliphatic heterocycles. The summed E-state index contributed by atoms with van der Waals surface area (Å²) < 4.78 is 9.56. The Bertz CT molecular complexity index is 1580. The first-order valence-corrected chi connectivity index (χ1v) is 15.2. The van der Waals surface area contributed by atoms with E-state index in [1.54, 1.807) is 18.1 Å². The number of ether oxygens (including phenoxy) is 1. The summed E-state index contributed by atoms with van der Waals surface area (Å²) in [5, 5.41) is 2.26. The summed E-state index contributed by atoms with van der Waals surface area (Å²) in [5.74, 6) is 0.691. The normalized spacial score (nSPS) is 13.8. The molecule has 1 saturated heterocycles. The predicted molar refractivity (Wildman–Crippen MR) is 171 cm³/mol. The maximum atomic E-state index is 13.7. The van der Waals surface area contributed by atoms with Gasteiger partial charge < -0.3 is 23.7 Å². The molecule has 8 nitrogen and oxygen atoms in total. The minimum absolute atomic E-state index is 0.0262. The molecule has 0 spiro atoms. The van der Waals surface area contributed by atoms with Crippen LogP contribution in [0.1, 0.15) is 49.2 Å². The van der Waals surface area contributed by atoms with Gasteiger partial charge in [-0.2, -0.15) is 0 Å². The topological polar surface area (TPSA) is 72.6 Å². The summed E-state index contributed by atoms with van der Waals surface area (Å²) in [6.07, 6.45) is 12.7. The number of aryl methyl sites for hydroxylation is 1. The number of hydrogen-bond donors (Lipinski definition) is 0. The van der Waals surface area contributed by atoms with Crippen molar-refractivity contribution in [3.8, 4) is 11.1 Å². The fourth-order valence-electron chi connectivity index (χ4n) is 5.95. The number of rotatable bonds is 11. The molecule has 8 heteroatoms. The maximum Gasteiger partial charge on any atom is 0.255 e. The van der Waals surface area contributed by atoms with Gasteiger partial charge in [0.2, 0.25) is 5.91 Å². The Morgan fingerprint density at radius 3 is 2.58 bits per heavy atom. The number of hydrogen-bond acceptors (Lipinski definition) is 4. The van der Waals surface area contributed by atoms with E-state index >= 15 is 0 Å². The highest BCUT2D eigenvalue weighted by Crippen LogP contribution is 2.33. The average Bonchev–Trinajstić information content (AvgIpc) is 3.64.